The van der Waals surface area contributed by atoms with Crippen molar-refractivity contribution in [3.8, 4) is 0 Å². The van der Waals surface area contributed by atoms with E-state index < -0.39 is 34.7 Å². The molecule has 1 aliphatic carbocycles. The van der Waals surface area contributed by atoms with E-state index in [1.807, 2.05) is 30.3 Å². The number of ether oxygens (including phenoxy) is 3. The zero-order valence-corrected chi connectivity index (χ0v) is 25.9. The van der Waals surface area contributed by atoms with Crippen LogP contribution in [0.4, 0.5) is 0 Å². The van der Waals surface area contributed by atoms with Crippen molar-refractivity contribution in [2.45, 2.75) is 99.2 Å². The zero-order chi connectivity index (χ0) is 31.5. The molecule has 1 saturated carbocycles. The number of aliphatic carboxylic acids is 1. The highest BCUT2D eigenvalue weighted by atomic mass is 16.5. The minimum absolute atomic E-state index is 0.0164. The van der Waals surface area contributed by atoms with Crippen LogP contribution in [0.15, 0.2) is 65.3 Å². The lowest BCUT2D eigenvalue weighted by Gasteiger charge is -2.36. The molecule has 42 heavy (non-hydrogen) atoms. The van der Waals surface area contributed by atoms with Crippen LogP contribution in [0.3, 0.4) is 0 Å². The molecule has 2 rings (SSSR count). The third-order valence-corrected chi connectivity index (χ3v) is 8.65. The van der Waals surface area contributed by atoms with Gasteiger partial charge in [-0.25, -0.2) is 9.59 Å². The van der Waals surface area contributed by atoms with Crippen molar-refractivity contribution in [3.05, 3.63) is 70.8 Å². The maximum atomic E-state index is 14.0. The smallest absolute Gasteiger partial charge is 0.334 e. The first kappa shape index (κ1) is 34.5. The van der Waals surface area contributed by atoms with E-state index in [0.29, 0.717) is 5.57 Å². The lowest BCUT2D eigenvalue weighted by Crippen LogP contribution is -2.39. The third kappa shape index (κ3) is 8.43. The molecule has 1 aromatic rings. The van der Waals surface area contributed by atoms with Crippen molar-refractivity contribution in [2.24, 2.45) is 10.8 Å². The highest BCUT2D eigenvalue weighted by molar-refractivity contribution is 5.94. The Morgan fingerprint density at radius 1 is 0.929 bits per heavy atom. The van der Waals surface area contributed by atoms with Gasteiger partial charge < -0.3 is 19.3 Å². The summed E-state index contributed by atoms with van der Waals surface area (Å²) in [5.74, 6) is -3.03. The van der Waals surface area contributed by atoms with E-state index in [4.69, 9.17) is 14.2 Å². The lowest BCUT2D eigenvalue weighted by atomic mass is 9.67. The summed E-state index contributed by atoms with van der Waals surface area (Å²) in [4.78, 5) is 52.9. The molecule has 0 heterocycles. The second-order valence-electron chi connectivity index (χ2n) is 11.5. The Hall–Kier alpha value is -3.68. The monoisotopic (exact) mass is 582 g/mol. The summed E-state index contributed by atoms with van der Waals surface area (Å²) in [6.45, 7) is 13.1. The second-order valence-corrected chi connectivity index (χ2v) is 11.5. The highest BCUT2D eigenvalue weighted by Gasteiger charge is 2.46. The van der Waals surface area contributed by atoms with E-state index in [2.05, 4.69) is 6.58 Å². The maximum absolute atomic E-state index is 14.0. The molecule has 1 N–H and O–H groups in total. The number of carboxylic acids is 1. The summed E-state index contributed by atoms with van der Waals surface area (Å²) in [7, 11) is 0. The minimum Gasteiger partial charge on any atom is -0.481 e. The quantitative estimate of drug-likeness (QED) is 0.109. The van der Waals surface area contributed by atoms with Gasteiger partial charge in [0.15, 0.2) is 0 Å². The van der Waals surface area contributed by atoms with Crippen LogP contribution in [0.1, 0.15) is 92.1 Å². The number of esters is 3. The largest absolute Gasteiger partial charge is 0.481 e. The lowest BCUT2D eigenvalue weighted by molar-refractivity contribution is -0.155. The molecular formula is C34H46O8. The summed E-state index contributed by atoms with van der Waals surface area (Å²) < 4.78 is 16.8. The Balaban J connectivity index is 2.64. The number of hydrogen-bond donors (Lipinski definition) is 1. The van der Waals surface area contributed by atoms with Crippen molar-refractivity contribution in [3.63, 3.8) is 0 Å². The first-order valence-corrected chi connectivity index (χ1v) is 14.6. The molecule has 8 heteroatoms. The standard InChI is InChI=1S/C34H46O8/c1-8-20-40-29(35)24(4)28(33(6,9-2)31(37)38)21-34(7,32(39)41-22-26-16-12-10-13-17-26)25(5)23(3)30(36)42-27-18-14-11-15-19-27/h8,10,12-13,16-17,27H,1,9,11,14-15,18-22H2,2-7H3,(H,37,38)/b25-23+,28-24-. The van der Waals surface area contributed by atoms with Crippen LogP contribution in [-0.2, 0) is 40.0 Å². The molecule has 0 spiro atoms. The van der Waals surface area contributed by atoms with Crippen molar-refractivity contribution >= 4 is 23.9 Å². The van der Waals surface area contributed by atoms with Crippen molar-refractivity contribution in [1.29, 1.82) is 0 Å². The average molecular weight is 583 g/mol. The van der Waals surface area contributed by atoms with Crippen molar-refractivity contribution < 1.29 is 38.5 Å². The van der Waals surface area contributed by atoms with Crippen LogP contribution in [0, 0.1) is 10.8 Å². The van der Waals surface area contributed by atoms with Crippen molar-refractivity contribution in [2.75, 3.05) is 6.61 Å². The highest BCUT2D eigenvalue weighted by Crippen LogP contribution is 2.46. The van der Waals surface area contributed by atoms with Crippen LogP contribution < -0.4 is 0 Å². The molecule has 0 bridgehead atoms. The molecule has 0 aliphatic heterocycles. The molecule has 2 unspecified atom stereocenters. The molecule has 1 aromatic carbocycles. The van der Waals surface area contributed by atoms with Gasteiger partial charge in [-0.3, -0.25) is 9.59 Å². The predicted octanol–water partition coefficient (Wildman–Crippen LogP) is 6.89. The molecule has 8 nitrogen and oxygen atoms in total. The number of rotatable bonds is 14. The Bertz CT molecular complexity index is 1210. The van der Waals surface area contributed by atoms with Crippen molar-refractivity contribution in [1.82, 2.24) is 0 Å². The van der Waals surface area contributed by atoms with E-state index in [9.17, 15) is 24.3 Å². The van der Waals surface area contributed by atoms with Gasteiger partial charge in [-0.05, 0) is 89.9 Å². The average Bonchev–Trinajstić information content (AvgIpc) is 3.00. The molecule has 0 amide bonds. The normalized spacial score (nSPS) is 17.9. The van der Waals surface area contributed by atoms with Crippen LogP contribution in [0.5, 0.6) is 0 Å². The second kappa shape index (κ2) is 15.5. The van der Waals surface area contributed by atoms with Gasteiger partial charge in [0.2, 0.25) is 0 Å². The molecule has 0 aromatic heterocycles. The summed E-state index contributed by atoms with van der Waals surface area (Å²) in [5, 5.41) is 10.3. The Morgan fingerprint density at radius 3 is 2.10 bits per heavy atom. The summed E-state index contributed by atoms with van der Waals surface area (Å²) in [6.07, 6.45) is 5.86. The molecule has 2 atom stereocenters. The SMILES string of the molecule is C=CCOC(=O)/C(C)=C(/CC(C)(C(=O)OCc1ccccc1)/C(C)=C(\C)C(=O)OC1CCCCC1)C(C)(CC)C(=O)O. The summed E-state index contributed by atoms with van der Waals surface area (Å²) >= 11 is 0. The van der Waals surface area contributed by atoms with Gasteiger partial charge in [-0.1, -0.05) is 56.3 Å². The van der Waals surface area contributed by atoms with Crippen LogP contribution >= 0.6 is 0 Å². The first-order chi connectivity index (χ1) is 19.8. The molecule has 0 radical (unpaired) electrons. The topological polar surface area (TPSA) is 116 Å². The summed E-state index contributed by atoms with van der Waals surface area (Å²) in [5.41, 5.74) is -1.30. The van der Waals surface area contributed by atoms with Gasteiger partial charge >= 0.3 is 23.9 Å². The Morgan fingerprint density at radius 2 is 1.55 bits per heavy atom. The molecule has 0 saturated heterocycles. The van der Waals surface area contributed by atoms with E-state index in [-0.39, 0.29) is 48.9 Å². The van der Waals surface area contributed by atoms with Gasteiger partial charge in [-0.2, -0.15) is 0 Å². The molecule has 1 aliphatic rings. The fourth-order valence-corrected chi connectivity index (χ4v) is 5.18. The fraction of sp³-hybridized carbons (Fsp3) is 0.529. The number of benzene rings is 1. The first-order valence-electron chi connectivity index (χ1n) is 14.6. The number of carbonyl (C=O) groups excluding carboxylic acids is 3. The zero-order valence-electron chi connectivity index (χ0n) is 25.9. The predicted molar refractivity (Wildman–Crippen MR) is 160 cm³/mol. The molecular weight excluding hydrogens is 536 g/mol. The van der Waals surface area contributed by atoms with Gasteiger partial charge in [0.05, 0.1) is 10.8 Å². The van der Waals surface area contributed by atoms with E-state index in [1.165, 1.54) is 19.9 Å². The fourth-order valence-electron chi connectivity index (χ4n) is 5.18. The number of carboxylic acid groups (broad SMARTS) is 1. The van der Waals surface area contributed by atoms with Gasteiger partial charge in [0.1, 0.15) is 19.3 Å². The van der Waals surface area contributed by atoms with E-state index in [0.717, 1.165) is 37.7 Å². The maximum Gasteiger partial charge on any atom is 0.334 e. The number of carbonyl (C=O) groups is 4. The van der Waals surface area contributed by atoms with Gasteiger partial charge in [-0.15, -0.1) is 0 Å². The number of hydrogen-bond acceptors (Lipinski definition) is 7. The van der Waals surface area contributed by atoms with E-state index in [1.54, 1.807) is 27.7 Å². The Labute approximate surface area is 249 Å². The van der Waals surface area contributed by atoms with Crippen LogP contribution in [-0.4, -0.2) is 41.7 Å². The van der Waals surface area contributed by atoms with Crippen LogP contribution in [0.25, 0.3) is 0 Å². The minimum atomic E-state index is -1.51. The van der Waals surface area contributed by atoms with Gasteiger partial charge in [0, 0.05) is 11.1 Å². The molecule has 230 valence electrons. The Kier molecular flexibility index (Phi) is 12.8. The summed E-state index contributed by atoms with van der Waals surface area (Å²) in [6, 6.07) is 9.16. The third-order valence-electron chi connectivity index (χ3n) is 8.65. The molecule has 1 fully saturated rings. The van der Waals surface area contributed by atoms with Gasteiger partial charge in [0.25, 0.3) is 0 Å². The van der Waals surface area contributed by atoms with E-state index >= 15 is 0 Å². The van der Waals surface area contributed by atoms with Crippen LogP contribution in [0.2, 0.25) is 0 Å².